The molecule has 48 valence electrons. The predicted octanol–water partition coefficient (Wildman–Crippen LogP) is 0.809. The van der Waals surface area contributed by atoms with E-state index in [4.69, 9.17) is 5.11 Å². The third kappa shape index (κ3) is 1.13. The highest BCUT2D eigenvalue weighted by Gasteiger charge is 2.16. The summed E-state index contributed by atoms with van der Waals surface area (Å²) in [6.07, 6.45) is 1.50. The predicted molar refractivity (Wildman–Crippen MR) is 30.0 cm³/mol. The molecule has 0 saturated heterocycles. The van der Waals surface area contributed by atoms with Crippen LogP contribution >= 0.6 is 0 Å². The van der Waals surface area contributed by atoms with Crippen molar-refractivity contribution in [1.82, 2.24) is 0 Å². The summed E-state index contributed by atoms with van der Waals surface area (Å²) in [5, 5.41) is 15.3. The fourth-order valence-electron chi connectivity index (χ4n) is 0.569. The standard InChI is InChI=1S/C5H6N2O2/c1-3-2-4(5(8)9)7-6-3/h2,4H,1H3,(H,8,9). The molecule has 0 aromatic rings. The lowest BCUT2D eigenvalue weighted by atomic mass is 10.3. The van der Waals surface area contributed by atoms with Crippen molar-refractivity contribution in [2.45, 2.75) is 13.0 Å². The van der Waals surface area contributed by atoms with Gasteiger partial charge in [-0.25, -0.2) is 4.79 Å². The SMILES string of the molecule is CC1=CC(C(=O)O)N=N1. The van der Waals surface area contributed by atoms with E-state index in [0.29, 0.717) is 5.70 Å². The first-order chi connectivity index (χ1) is 4.20. The van der Waals surface area contributed by atoms with Crippen molar-refractivity contribution in [3.05, 3.63) is 11.8 Å². The molecule has 1 aliphatic rings. The van der Waals surface area contributed by atoms with Crippen molar-refractivity contribution in [2.24, 2.45) is 10.2 Å². The summed E-state index contributed by atoms with van der Waals surface area (Å²) < 4.78 is 0. The zero-order chi connectivity index (χ0) is 6.85. The van der Waals surface area contributed by atoms with Crippen LogP contribution < -0.4 is 0 Å². The topological polar surface area (TPSA) is 62.0 Å². The summed E-state index contributed by atoms with van der Waals surface area (Å²) in [7, 11) is 0. The van der Waals surface area contributed by atoms with Gasteiger partial charge in [0.05, 0.1) is 5.70 Å². The van der Waals surface area contributed by atoms with E-state index in [1.165, 1.54) is 6.08 Å². The van der Waals surface area contributed by atoms with Gasteiger partial charge >= 0.3 is 5.97 Å². The van der Waals surface area contributed by atoms with E-state index in [1.807, 2.05) is 0 Å². The molecule has 0 fully saturated rings. The minimum absolute atomic E-state index is 0.669. The molecular formula is C5H6N2O2. The number of rotatable bonds is 1. The molecule has 1 aliphatic heterocycles. The van der Waals surface area contributed by atoms with Crippen molar-refractivity contribution in [2.75, 3.05) is 0 Å². The van der Waals surface area contributed by atoms with E-state index >= 15 is 0 Å². The molecule has 0 bridgehead atoms. The van der Waals surface area contributed by atoms with Crippen molar-refractivity contribution in [3.63, 3.8) is 0 Å². The van der Waals surface area contributed by atoms with Crippen LogP contribution in [0, 0.1) is 0 Å². The number of hydrogen-bond acceptors (Lipinski definition) is 3. The summed E-state index contributed by atoms with van der Waals surface area (Å²) in [6.45, 7) is 1.71. The highest BCUT2D eigenvalue weighted by atomic mass is 16.4. The van der Waals surface area contributed by atoms with E-state index in [2.05, 4.69) is 10.2 Å². The van der Waals surface area contributed by atoms with Crippen LogP contribution in [0.25, 0.3) is 0 Å². The van der Waals surface area contributed by atoms with Crippen LogP contribution in [0.3, 0.4) is 0 Å². The molecule has 0 amide bonds. The summed E-state index contributed by atoms with van der Waals surface area (Å²) in [5.74, 6) is -0.949. The number of allylic oxidation sites excluding steroid dienone is 1. The Hall–Kier alpha value is -1.19. The van der Waals surface area contributed by atoms with E-state index in [0.717, 1.165) is 0 Å². The summed E-state index contributed by atoms with van der Waals surface area (Å²) in [5.41, 5.74) is 0.669. The average molecular weight is 126 g/mol. The number of carboxylic acids is 1. The summed E-state index contributed by atoms with van der Waals surface area (Å²) in [6, 6.07) is -0.745. The minimum Gasteiger partial charge on any atom is -0.479 e. The quantitative estimate of drug-likeness (QED) is 0.565. The number of carbonyl (C=O) groups is 1. The zero-order valence-electron chi connectivity index (χ0n) is 4.90. The summed E-state index contributed by atoms with van der Waals surface area (Å²) in [4.78, 5) is 10.1. The van der Waals surface area contributed by atoms with Gasteiger partial charge in [-0.2, -0.15) is 10.2 Å². The molecule has 0 aromatic heterocycles. The molecule has 0 aliphatic carbocycles. The Bertz CT molecular complexity index is 195. The fourth-order valence-corrected chi connectivity index (χ4v) is 0.569. The van der Waals surface area contributed by atoms with Gasteiger partial charge in [-0.1, -0.05) is 0 Å². The van der Waals surface area contributed by atoms with E-state index in [1.54, 1.807) is 6.92 Å². The Morgan fingerprint density at radius 1 is 1.89 bits per heavy atom. The molecule has 4 heteroatoms. The highest BCUT2D eigenvalue weighted by Crippen LogP contribution is 2.10. The average Bonchev–Trinajstić information content (AvgIpc) is 2.14. The van der Waals surface area contributed by atoms with Crippen molar-refractivity contribution >= 4 is 5.97 Å². The van der Waals surface area contributed by atoms with Gasteiger partial charge in [0.1, 0.15) is 0 Å². The van der Waals surface area contributed by atoms with E-state index < -0.39 is 12.0 Å². The number of azo groups is 1. The monoisotopic (exact) mass is 126 g/mol. The van der Waals surface area contributed by atoms with Crippen molar-refractivity contribution in [3.8, 4) is 0 Å². The third-order valence-electron chi connectivity index (χ3n) is 0.992. The maximum absolute atomic E-state index is 10.1. The van der Waals surface area contributed by atoms with Crippen molar-refractivity contribution in [1.29, 1.82) is 0 Å². The lowest BCUT2D eigenvalue weighted by molar-refractivity contribution is -0.137. The molecule has 0 saturated carbocycles. The highest BCUT2D eigenvalue weighted by molar-refractivity contribution is 5.76. The van der Waals surface area contributed by atoms with Gasteiger partial charge in [-0.15, -0.1) is 0 Å². The largest absolute Gasteiger partial charge is 0.479 e. The van der Waals surface area contributed by atoms with Crippen LogP contribution in [-0.4, -0.2) is 17.1 Å². The molecule has 0 spiro atoms. The lowest BCUT2D eigenvalue weighted by Crippen LogP contribution is -2.11. The molecule has 1 N–H and O–H groups in total. The molecule has 9 heavy (non-hydrogen) atoms. The Balaban J connectivity index is 2.70. The van der Waals surface area contributed by atoms with Crippen LogP contribution in [0.1, 0.15) is 6.92 Å². The summed E-state index contributed by atoms with van der Waals surface area (Å²) >= 11 is 0. The Kier molecular flexibility index (Phi) is 1.30. The van der Waals surface area contributed by atoms with Crippen LogP contribution in [0.2, 0.25) is 0 Å². The van der Waals surface area contributed by atoms with Gasteiger partial charge < -0.3 is 5.11 Å². The number of hydrogen-bond donors (Lipinski definition) is 1. The van der Waals surface area contributed by atoms with Gasteiger partial charge in [0.15, 0.2) is 6.04 Å². The van der Waals surface area contributed by atoms with Crippen LogP contribution in [0.4, 0.5) is 0 Å². The zero-order valence-corrected chi connectivity index (χ0v) is 4.90. The first-order valence-electron chi connectivity index (χ1n) is 2.52. The first-order valence-corrected chi connectivity index (χ1v) is 2.52. The van der Waals surface area contributed by atoms with Gasteiger partial charge in [-0.05, 0) is 13.0 Å². The number of nitrogens with zero attached hydrogens (tertiary/aromatic N) is 2. The lowest BCUT2D eigenvalue weighted by Gasteiger charge is -1.89. The van der Waals surface area contributed by atoms with Crippen LogP contribution in [0.15, 0.2) is 22.0 Å². The Morgan fingerprint density at radius 3 is 2.78 bits per heavy atom. The smallest absolute Gasteiger partial charge is 0.334 e. The second-order valence-corrected chi connectivity index (χ2v) is 1.81. The van der Waals surface area contributed by atoms with Gasteiger partial charge in [0, 0.05) is 0 Å². The molecule has 0 radical (unpaired) electrons. The minimum atomic E-state index is -0.949. The molecule has 1 unspecified atom stereocenters. The third-order valence-corrected chi connectivity index (χ3v) is 0.992. The molecule has 4 nitrogen and oxygen atoms in total. The van der Waals surface area contributed by atoms with E-state index in [-0.39, 0.29) is 0 Å². The van der Waals surface area contributed by atoms with Crippen LogP contribution in [0.5, 0.6) is 0 Å². The fraction of sp³-hybridized carbons (Fsp3) is 0.400. The number of carboxylic acid groups (broad SMARTS) is 1. The van der Waals surface area contributed by atoms with E-state index in [9.17, 15) is 4.79 Å². The first kappa shape index (κ1) is 5.94. The molecule has 1 rings (SSSR count). The van der Waals surface area contributed by atoms with Gasteiger partial charge in [0.2, 0.25) is 0 Å². The molecule has 1 atom stereocenters. The van der Waals surface area contributed by atoms with Gasteiger partial charge in [0.25, 0.3) is 0 Å². The normalized spacial score (nSPS) is 24.1. The number of aliphatic carboxylic acids is 1. The second kappa shape index (κ2) is 1.97. The molecular weight excluding hydrogens is 120 g/mol. The molecule has 1 heterocycles. The Morgan fingerprint density at radius 2 is 2.56 bits per heavy atom. The van der Waals surface area contributed by atoms with Crippen molar-refractivity contribution < 1.29 is 9.90 Å². The van der Waals surface area contributed by atoms with Crippen LogP contribution in [-0.2, 0) is 4.79 Å². The molecule has 0 aromatic carbocycles. The van der Waals surface area contributed by atoms with Gasteiger partial charge in [-0.3, -0.25) is 0 Å². The maximum atomic E-state index is 10.1. The second-order valence-electron chi connectivity index (χ2n) is 1.81. The Labute approximate surface area is 51.9 Å². The maximum Gasteiger partial charge on any atom is 0.334 e.